The van der Waals surface area contributed by atoms with Crippen LogP contribution in [0.1, 0.15) is 5.56 Å². The van der Waals surface area contributed by atoms with Crippen LogP contribution < -0.4 is 0 Å². The zero-order chi connectivity index (χ0) is 13.1. The quantitative estimate of drug-likeness (QED) is 0.916. The van der Waals surface area contributed by atoms with Crippen LogP contribution in [0.4, 0.5) is 4.39 Å². The molecule has 0 radical (unpaired) electrons. The van der Waals surface area contributed by atoms with Gasteiger partial charge in [0.25, 0.3) is 0 Å². The van der Waals surface area contributed by atoms with Gasteiger partial charge in [-0.05, 0) is 41.0 Å². The summed E-state index contributed by atoms with van der Waals surface area (Å²) in [5.41, 5.74) is 1.90. The minimum absolute atomic E-state index is 0.141. The van der Waals surface area contributed by atoms with E-state index in [0.29, 0.717) is 16.1 Å². The smallest absolute Gasteiger partial charge is 0.307 e. The maximum atomic E-state index is 13.3. The van der Waals surface area contributed by atoms with E-state index in [-0.39, 0.29) is 6.42 Å². The average molecular weight is 265 g/mol. The van der Waals surface area contributed by atoms with Crippen molar-refractivity contribution in [1.29, 1.82) is 0 Å². The van der Waals surface area contributed by atoms with E-state index in [2.05, 4.69) is 0 Å². The minimum atomic E-state index is -0.947. The number of hydrogen-bond donors (Lipinski definition) is 1. The highest BCUT2D eigenvalue weighted by atomic mass is 35.5. The van der Waals surface area contributed by atoms with Gasteiger partial charge in [-0.15, -0.1) is 0 Å². The van der Waals surface area contributed by atoms with E-state index in [1.807, 2.05) is 0 Å². The summed E-state index contributed by atoms with van der Waals surface area (Å²) in [6.07, 6.45) is -0.141. The summed E-state index contributed by atoms with van der Waals surface area (Å²) in [5.74, 6) is -1.34. The molecule has 0 aliphatic rings. The maximum absolute atomic E-state index is 13.3. The van der Waals surface area contributed by atoms with Crippen LogP contribution in [-0.2, 0) is 11.2 Å². The predicted molar refractivity (Wildman–Crippen MR) is 68.2 cm³/mol. The van der Waals surface area contributed by atoms with E-state index >= 15 is 0 Å². The number of carbonyl (C=O) groups is 1. The molecule has 4 heteroatoms. The number of rotatable bonds is 3. The normalized spacial score (nSPS) is 10.3. The first kappa shape index (κ1) is 12.6. The van der Waals surface area contributed by atoms with Crippen LogP contribution in [0, 0.1) is 5.82 Å². The Balaban J connectivity index is 2.50. The molecule has 0 saturated carbocycles. The Hall–Kier alpha value is -1.87. The van der Waals surface area contributed by atoms with Gasteiger partial charge in [-0.3, -0.25) is 4.79 Å². The summed E-state index contributed by atoms with van der Waals surface area (Å²) in [6.45, 7) is 0. The van der Waals surface area contributed by atoms with E-state index in [9.17, 15) is 9.18 Å². The molecule has 0 heterocycles. The topological polar surface area (TPSA) is 37.3 Å². The van der Waals surface area contributed by atoms with Crippen molar-refractivity contribution >= 4 is 17.6 Å². The highest BCUT2D eigenvalue weighted by Gasteiger charge is 2.10. The SMILES string of the molecule is O=C(O)Cc1ccc(F)cc1-c1ccc(Cl)cc1. The molecule has 2 aromatic rings. The largest absolute Gasteiger partial charge is 0.481 e. The summed E-state index contributed by atoms with van der Waals surface area (Å²) in [6, 6.07) is 10.9. The van der Waals surface area contributed by atoms with Crippen LogP contribution in [0.5, 0.6) is 0 Å². The molecule has 0 spiro atoms. The molecule has 0 aliphatic carbocycles. The van der Waals surface area contributed by atoms with Crippen molar-refractivity contribution in [2.75, 3.05) is 0 Å². The monoisotopic (exact) mass is 264 g/mol. The molecule has 0 amide bonds. The Morgan fingerprint density at radius 1 is 1.17 bits per heavy atom. The Bertz CT molecular complexity index is 579. The lowest BCUT2D eigenvalue weighted by Gasteiger charge is -2.08. The van der Waals surface area contributed by atoms with E-state index in [1.165, 1.54) is 18.2 Å². The molecule has 2 nitrogen and oxygen atoms in total. The van der Waals surface area contributed by atoms with Gasteiger partial charge < -0.3 is 5.11 Å². The number of hydrogen-bond acceptors (Lipinski definition) is 1. The van der Waals surface area contributed by atoms with E-state index < -0.39 is 11.8 Å². The first-order valence-electron chi connectivity index (χ1n) is 5.32. The Morgan fingerprint density at radius 3 is 2.44 bits per heavy atom. The molecule has 0 aromatic heterocycles. The molecular weight excluding hydrogens is 255 g/mol. The number of carboxylic acids is 1. The molecule has 0 bridgehead atoms. The number of aliphatic carboxylic acids is 1. The summed E-state index contributed by atoms with van der Waals surface area (Å²) in [4.78, 5) is 10.8. The van der Waals surface area contributed by atoms with Crippen molar-refractivity contribution < 1.29 is 14.3 Å². The maximum Gasteiger partial charge on any atom is 0.307 e. The van der Waals surface area contributed by atoms with Gasteiger partial charge in [0.15, 0.2) is 0 Å². The first-order valence-corrected chi connectivity index (χ1v) is 5.70. The standard InChI is InChI=1S/C14H10ClFO2/c15-11-4-1-9(2-5-11)13-8-12(16)6-3-10(13)7-14(17)18/h1-6,8H,7H2,(H,17,18). The molecule has 2 aromatic carbocycles. The number of benzene rings is 2. The van der Waals surface area contributed by atoms with Gasteiger partial charge in [0.05, 0.1) is 6.42 Å². The molecular formula is C14H10ClFO2. The van der Waals surface area contributed by atoms with Crippen LogP contribution in [-0.4, -0.2) is 11.1 Å². The van der Waals surface area contributed by atoms with Gasteiger partial charge in [0.2, 0.25) is 0 Å². The Kier molecular flexibility index (Phi) is 3.63. The third-order valence-corrected chi connectivity index (χ3v) is 2.82. The fourth-order valence-corrected chi connectivity index (χ4v) is 1.89. The van der Waals surface area contributed by atoms with Crippen LogP contribution >= 0.6 is 11.6 Å². The van der Waals surface area contributed by atoms with Crippen molar-refractivity contribution in [2.24, 2.45) is 0 Å². The van der Waals surface area contributed by atoms with Crippen molar-refractivity contribution in [2.45, 2.75) is 6.42 Å². The van der Waals surface area contributed by atoms with Gasteiger partial charge in [-0.25, -0.2) is 4.39 Å². The van der Waals surface area contributed by atoms with Crippen LogP contribution in [0.15, 0.2) is 42.5 Å². The molecule has 2 rings (SSSR count). The van der Waals surface area contributed by atoms with Crippen LogP contribution in [0.3, 0.4) is 0 Å². The van der Waals surface area contributed by atoms with Crippen molar-refractivity contribution in [3.05, 3.63) is 58.9 Å². The van der Waals surface area contributed by atoms with Crippen molar-refractivity contribution in [3.8, 4) is 11.1 Å². The average Bonchev–Trinajstić information content (AvgIpc) is 2.32. The second-order valence-electron chi connectivity index (χ2n) is 3.88. The first-order chi connectivity index (χ1) is 8.56. The van der Waals surface area contributed by atoms with E-state index in [4.69, 9.17) is 16.7 Å². The molecule has 18 heavy (non-hydrogen) atoms. The fourth-order valence-electron chi connectivity index (χ4n) is 1.76. The second kappa shape index (κ2) is 5.19. The number of carboxylic acid groups (broad SMARTS) is 1. The lowest BCUT2D eigenvalue weighted by molar-refractivity contribution is -0.136. The van der Waals surface area contributed by atoms with Gasteiger partial charge in [0.1, 0.15) is 5.82 Å². The molecule has 0 unspecified atom stereocenters. The van der Waals surface area contributed by atoms with Gasteiger partial charge in [0, 0.05) is 5.02 Å². The highest BCUT2D eigenvalue weighted by Crippen LogP contribution is 2.26. The third kappa shape index (κ3) is 2.87. The summed E-state index contributed by atoms with van der Waals surface area (Å²) < 4.78 is 13.3. The Labute approximate surface area is 109 Å². The van der Waals surface area contributed by atoms with Gasteiger partial charge in [-0.1, -0.05) is 29.8 Å². The third-order valence-electron chi connectivity index (χ3n) is 2.57. The van der Waals surface area contributed by atoms with Gasteiger partial charge >= 0.3 is 5.97 Å². The van der Waals surface area contributed by atoms with Crippen molar-refractivity contribution in [3.63, 3.8) is 0 Å². The predicted octanol–water partition coefficient (Wildman–Crippen LogP) is 3.77. The Morgan fingerprint density at radius 2 is 1.83 bits per heavy atom. The summed E-state index contributed by atoms with van der Waals surface area (Å²) in [7, 11) is 0. The molecule has 0 saturated heterocycles. The second-order valence-corrected chi connectivity index (χ2v) is 4.32. The van der Waals surface area contributed by atoms with Crippen molar-refractivity contribution in [1.82, 2.24) is 0 Å². The molecule has 0 atom stereocenters. The summed E-state index contributed by atoms with van der Waals surface area (Å²) >= 11 is 5.79. The van der Waals surface area contributed by atoms with Crippen LogP contribution in [0.25, 0.3) is 11.1 Å². The zero-order valence-corrected chi connectivity index (χ0v) is 10.1. The van der Waals surface area contributed by atoms with E-state index in [1.54, 1.807) is 24.3 Å². The molecule has 1 N–H and O–H groups in total. The highest BCUT2D eigenvalue weighted by molar-refractivity contribution is 6.30. The van der Waals surface area contributed by atoms with Gasteiger partial charge in [-0.2, -0.15) is 0 Å². The van der Waals surface area contributed by atoms with E-state index in [0.717, 1.165) is 5.56 Å². The molecule has 92 valence electrons. The molecule has 0 aliphatic heterocycles. The minimum Gasteiger partial charge on any atom is -0.481 e. The lowest BCUT2D eigenvalue weighted by atomic mass is 9.97. The fraction of sp³-hybridized carbons (Fsp3) is 0.0714. The zero-order valence-electron chi connectivity index (χ0n) is 9.36. The lowest BCUT2D eigenvalue weighted by Crippen LogP contribution is -2.02. The molecule has 0 fully saturated rings. The van der Waals surface area contributed by atoms with Crippen LogP contribution in [0.2, 0.25) is 5.02 Å². The summed E-state index contributed by atoms with van der Waals surface area (Å²) in [5, 5.41) is 9.42. The number of halogens is 2.